The fourth-order valence-electron chi connectivity index (χ4n) is 1.82. The zero-order valence-electron chi connectivity index (χ0n) is 9.34. The van der Waals surface area contributed by atoms with E-state index < -0.39 is 0 Å². The van der Waals surface area contributed by atoms with E-state index in [9.17, 15) is 5.11 Å². The van der Waals surface area contributed by atoms with Crippen molar-refractivity contribution < 1.29 is 5.11 Å². The van der Waals surface area contributed by atoms with Crippen molar-refractivity contribution in [3.8, 4) is 17.0 Å². The summed E-state index contributed by atoms with van der Waals surface area (Å²) in [4.78, 5) is 8.46. The monoisotopic (exact) mass is 256 g/mol. The van der Waals surface area contributed by atoms with Gasteiger partial charge in [0.1, 0.15) is 5.75 Å². The van der Waals surface area contributed by atoms with E-state index in [1.54, 1.807) is 36.7 Å². The zero-order chi connectivity index (χ0) is 12.5. The summed E-state index contributed by atoms with van der Waals surface area (Å²) in [6.45, 7) is 0. The van der Waals surface area contributed by atoms with E-state index in [4.69, 9.17) is 11.6 Å². The van der Waals surface area contributed by atoms with Crippen LogP contribution in [0.15, 0.2) is 48.8 Å². The summed E-state index contributed by atoms with van der Waals surface area (Å²) in [7, 11) is 0. The highest BCUT2D eigenvalue weighted by Crippen LogP contribution is 2.28. The van der Waals surface area contributed by atoms with Crippen LogP contribution in [-0.4, -0.2) is 15.1 Å². The molecule has 0 saturated heterocycles. The maximum atomic E-state index is 9.96. The lowest BCUT2D eigenvalue weighted by atomic mass is 10.1. The highest BCUT2D eigenvalue weighted by atomic mass is 35.5. The van der Waals surface area contributed by atoms with Gasteiger partial charge in [0.2, 0.25) is 0 Å². The molecule has 0 saturated carbocycles. The minimum atomic E-state index is 0.179. The molecule has 0 aliphatic carbocycles. The molecular weight excluding hydrogens is 248 g/mol. The number of halogens is 1. The lowest BCUT2D eigenvalue weighted by Crippen LogP contribution is -1.86. The molecule has 0 spiro atoms. The number of nitrogens with zero attached hydrogens (tertiary/aromatic N) is 2. The number of pyridine rings is 2. The van der Waals surface area contributed by atoms with Crippen LogP contribution in [0.5, 0.6) is 5.75 Å². The van der Waals surface area contributed by atoms with E-state index in [1.165, 1.54) is 0 Å². The average Bonchev–Trinajstić information content (AvgIpc) is 2.39. The van der Waals surface area contributed by atoms with Crippen LogP contribution in [0, 0.1) is 0 Å². The maximum absolute atomic E-state index is 9.96. The Balaban J connectivity index is 2.21. The molecule has 3 rings (SSSR count). The largest absolute Gasteiger partial charge is 0.507 e. The number of aromatic nitrogens is 2. The molecule has 0 atom stereocenters. The summed E-state index contributed by atoms with van der Waals surface area (Å²) >= 11 is 5.85. The molecule has 4 heteroatoms. The standard InChI is InChI=1S/C14H9ClN2O/c15-10-3-1-9(2-4-10)13-7-14(18)11-8-16-6-5-12(11)17-13/h1-8H,(H,17,18). The van der Waals surface area contributed by atoms with Gasteiger partial charge in [0.05, 0.1) is 16.6 Å². The van der Waals surface area contributed by atoms with Gasteiger partial charge in [0, 0.05) is 29.0 Å². The topological polar surface area (TPSA) is 46.0 Å². The van der Waals surface area contributed by atoms with Gasteiger partial charge in [-0.2, -0.15) is 0 Å². The summed E-state index contributed by atoms with van der Waals surface area (Å²) in [6, 6.07) is 10.7. The number of hydrogen-bond acceptors (Lipinski definition) is 3. The number of fused-ring (bicyclic) bond motifs is 1. The normalized spacial score (nSPS) is 10.7. The number of hydrogen-bond donors (Lipinski definition) is 1. The average molecular weight is 257 g/mol. The molecule has 18 heavy (non-hydrogen) atoms. The van der Waals surface area contributed by atoms with Gasteiger partial charge in [-0.25, -0.2) is 4.98 Å². The van der Waals surface area contributed by atoms with Crippen molar-refractivity contribution in [1.29, 1.82) is 0 Å². The molecule has 2 aromatic heterocycles. The van der Waals surface area contributed by atoms with E-state index >= 15 is 0 Å². The first-order valence-electron chi connectivity index (χ1n) is 5.44. The fraction of sp³-hybridized carbons (Fsp3) is 0. The molecule has 0 unspecified atom stereocenters. The molecule has 88 valence electrons. The Kier molecular flexibility index (Phi) is 2.61. The molecule has 0 radical (unpaired) electrons. The van der Waals surface area contributed by atoms with Crippen molar-refractivity contribution in [2.45, 2.75) is 0 Å². The summed E-state index contributed by atoms with van der Waals surface area (Å²) in [5.74, 6) is 0.179. The van der Waals surface area contributed by atoms with Crippen molar-refractivity contribution in [2.24, 2.45) is 0 Å². The minimum absolute atomic E-state index is 0.179. The second-order valence-electron chi connectivity index (χ2n) is 3.93. The van der Waals surface area contributed by atoms with Crippen LogP contribution in [0.2, 0.25) is 5.02 Å². The third kappa shape index (κ3) is 1.89. The van der Waals surface area contributed by atoms with Gasteiger partial charge in [-0.1, -0.05) is 23.7 Å². The van der Waals surface area contributed by atoms with Crippen molar-refractivity contribution in [2.75, 3.05) is 0 Å². The Morgan fingerprint density at radius 3 is 2.61 bits per heavy atom. The van der Waals surface area contributed by atoms with Gasteiger partial charge < -0.3 is 5.11 Å². The molecule has 1 N–H and O–H groups in total. The highest BCUT2D eigenvalue weighted by Gasteiger charge is 2.06. The van der Waals surface area contributed by atoms with Crippen molar-refractivity contribution in [1.82, 2.24) is 9.97 Å². The van der Waals surface area contributed by atoms with Crippen molar-refractivity contribution in [3.05, 3.63) is 53.8 Å². The first kappa shape index (κ1) is 11.0. The Morgan fingerprint density at radius 1 is 1.06 bits per heavy atom. The van der Waals surface area contributed by atoms with E-state index in [2.05, 4.69) is 9.97 Å². The molecule has 0 aliphatic heterocycles. The highest BCUT2D eigenvalue weighted by molar-refractivity contribution is 6.30. The Bertz CT molecular complexity index is 711. The summed E-state index contributed by atoms with van der Waals surface area (Å²) < 4.78 is 0. The molecule has 3 nitrogen and oxygen atoms in total. The van der Waals surface area contributed by atoms with Crippen LogP contribution in [-0.2, 0) is 0 Å². The Morgan fingerprint density at radius 2 is 1.83 bits per heavy atom. The second kappa shape index (κ2) is 4.27. The molecule has 0 bridgehead atoms. The smallest absolute Gasteiger partial charge is 0.128 e. The van der Waals surface area contributed by atoms with Crippen LogP contribution in [0.4, 0.5) is 0 Å². The van der Waals surface area contributed by atoms with Crippen LogP contribution < -0.4 is 0 Å². The number of rotatable bonds is 1. The summed E-state index contributed by atoms with van der Waals surface area (Å²) in [5.41, 5.74) is 2.34. The minimum Gasteiger partial charge on any atom is -0.507 e. The van der Waals surface area contributed by atoms with E-state index in [0.717, 1.165) is 11.1 Å². The van der Waals surface area contributed by atoms with E-state index in [0.29, 0.717) is 16.1 Å². The molecule has 0 aliphatic rings. The maximum Gasteiger partial charge on any atom is 0.128 e. The van der Waals surface area contributed by atoms with Gasteiger partial charge in [-0.15, -0.1) is 0 Å². The lowest BCUT2D eigenvalue weighted by Gasteiger charge is -2.05. The van der Waals surface area contributed by atoms with E-state index in [1.807, 2.05) is 12.1 Å². The van der Waals surface area contributed by atoms with Crippen LogP contribution in [0.25, 0.3) is 22.2 Å². The van der Waals surface area contributed by atoms with Crippen molar-refractivity contribution >= 4 is 22.5 Å². The zero-order valence-corrected chi connectivity index (χ0v) is 10.1. The molecular formula is C14H9ClN2O. The second-order valence-corrected chi connectivity index (χ2v) is 4.36. The molecule has 3 aromatic rings. The van der Waals surface area contributed by atoms with Crippen molar-refractivity contribution in [3.63, 3.8) is 0 Å². The fourth-order valence-corrected chi connectivity index (χ4v) is 1.95. The van der Waals surface area contributed by atoms with Crippen LogP contribution in [0.3, 0.4) is 0 Å². The predicted molar refractivity (Wildman–Crippen MR) is 71.6 cm³/mol. The van der Waals surface area contributed by atoms with Gasteiger partial charge in [0.25, 0.3) is 0 Å². The van der Waals surface area contributed by atoms with Gasteiger partial charge in [0.15, 0.2) is 0 Å². The van der Waals surface area contributed by atoms with E-state index in [-0.39, 0.29) is 5.75 Å². The van der Waals surface area contributed by atoms with Crippen LogP contribution >= 0.6 is 11.6 Å². The Labute approximate surface area is 109 Å². The Hall–Kier alpha value is -2.13. The molecule has 2 heterocycles. The predicted octanol–water partition coefficient (Wildman–Crippen LogP) is 3.66. The third-order valence-corrected chi connectivity index (χ3v) is 2.98. The first-order valence-corrected chi connectivity index (χ1v) is 5.81. The molecule has 0 fully saturated rings. The SMILES string of the molecule is Oc1cc(-c2ccc(Cl)cc2)nc2ccncc12. The lowest BCUT2D eigenvalue weighted by molar-refractivity contribution is 0.481. The number of aromatic hydroxyl groups is 1. The van der Waals surface area contributed by atoms with Gasteiger partial charge >= 0.3 is 0 Å². The quantitative estimate of drug-likeness (QED) is 0.723. The summed E-state index contributed by atoms with van der Waals surface area (Å²) in [5, 5.41) is 11.3. The first-order chi connectivity index (χ1) is 8.74. The number of benzene rings is 1. The van der Waals surface area contributed by atoms with Crippen LogP contribution in [0.1, 0.15) is 0 Å². The third-order valence-electron chi connectivity index (χ3n) is 2.73. The molecule has 1 aromatic carbocycles. The van der Waals surface area contributed by atoms with Gasteiger partial charge in [-0.05, 0) is 18.2 Å². The molecule has 0 amide bonds. The summed E-state index contributed by atoms with van der Waals surface area (Å²) in [6.07, 6.45) is 3.25. The van der Waals surface area contributed by atoms with Gasteiger partial charge in [-0.3, -0.25) is 4.98 Å².